The topological polar surface area (TPSA) is 69.9 Å². The highest BCUT2D eigenvalue weighted by atomic mass is 32.1. The van der Waals surface area contributed by atoms with Crippen molar-refractivity contribution < 1.29 is 14.2 Å². The molecule has 3 heterocycles. The van der Waals surface area contributed by atoms with Gasteiger partial charge >= 0.3 is 0 Å². The van der Waals surface area contributed by atoms with Gasteiger partial charge in [-0.3, -0.25) is 0 Å². The van der Waals surface area contributed by atoms with E-state index >= 15 is 0 Å². The van der Waals surface area contributed by atoms with Gasteiger partial charge in [-0.1, -0.05) is 11.3 Å². The Labute approximate surface area is 149 Å². The highest BCUT2D eigenvalue weighted by molar-refractivity contribution is 7.20. The number of fused-ring (bicyclic) bond motifs is 1. The molecule has 0 bridgehead atoms. The van der Waals surface area contributed by atoms with Crippen molar-refractivity contribution in [1.82, 2.24) is 14.6 Å². The Hall–Kier alpha value is -2.32. The Morgan fingerprint density at radius 1 is 1.20 bits per heavy atom. The zero-order valence-corrected chi connectivity index (χ0v) is 15.0. The molecule has 132 valence electrons. The van der Waals surface area contributed by atoms with Gasteiger partial charge in [0.05, 0.1) is 26.1 Å². The lowest BCUT2D eigenvalue weighted by atomic mass is 10.1. The summed E-state index contributed by atoms with van der Waals surface area (Å²) in [5.41, 5.74) is 1.83. The molecule has 0 amide bonds. The predicted octanol–water partition coefficient (Wildman–Crippen LogP) is 3.07. The summed E-state index contributed by atoms with van der Waals surface area (Å²) in [7, 11) is 3.25. The van der Waals surface area contributed by atoms with Gasteiger partial charge in [0.2, 0.25) is 10.1 Å². The van der Waals surface area contributed by atoms with E-state index in [2.05, 4.69) is 15.4 Å². The van der Waals surface area contributed by atoms with Crippen molar-refractivity contribution >= 4 is 21.4 Å². The molecule has 0 atom stereocenters. The summed E-state index contributed by atoms with van der Waals surface area (Å²) in [4.78, 5) is 5.55. The summed E-state index contributed by atoms with van der Waals surface area (Å²) < 4.78 is 17.9. The smallest absolute Gasteiger partial charge is 0.214 e. The van der Waals surface area contributed by atoms with Crippen LogP contribution in [-0.2, 0) is 4.74 Å². The first-order valence-corrected chi connectivity index (χ1v) is 9.01. The van der Waals surface area contributed by atoms with E-state index in [0.717, 1.165) is 47.4 Å². The molecular weight excluding hydrogens is 340 g/mol. The van der Waals surface area contributed by atoms with Crippen LogP contribution in [0.1, 0.15) is 12.8 Å². The van der Waals surface area contributed by atoms with E-state index in [9.17, 15) is 0 Å². The predicted molar refractivity (Wildman–Crippen MR) is 96.9 cm³/mol. The van der Waals surface area contributed by atoms with Crippen LogP contribution in [0, 0.1) is 0 Å². The molecule has 8 heteroatoms. The molecule has 7 nitrogen and oxygen atoms in total. The van der Waals surface area contributed by atoms with Gasteiger partial charge < -0.3 is 19.5 Å². The first-order valence-electron chi connectivity index (χ1n) is 8.19. The van der Waals surface area contributed by atoms with Crippen LogP contribution in [-0.4, -0.2) is 48.1 Å². The fourth-order valence-corrected chi connectivity index (χ4v) is 3.77. The van der Waals surface area contributed by atoms with Crippen LogP contribution in [0.25, 0.3) is 16.2 Å². The summed E-state index contributed by atoms with van der Waals surface area (Å²) >= 11 is 1.56. The zero-order valence-electron chi connectivity index (χ0n) is 14.2. The molecule has 0 radical (unpaired) electrons. The molecule has 0 spiro atoms. The Morgan fingerprint density at radius 3 is 2.72 bits per heavy atom. The highest BCUT2D eigenvalue weighted by Crippen LogP contribution is 2.33. The van der Waals surface area contributed by atoms with E-state index in [1.54, 1.807) is 25.6 Å². The number of nitrogens with zero attached hydrogens (tertiary/aromatic N) is 3. The second kappa shape index (κ2) is 6.89. The molecule has 1 saturated heterocycles. The van der Waals surface area contributed by atoms with Crippen LogP contribution in [0.4, 0.5) is 5.13 Å². The number of hydrogen-bond acceptors (Lipinski definition) is 7. The number of rotatable bonds is 5. The number of anilines is 1. The number of methoxy groups -OCH3 is 2. The summed E-state index contributed by atoms with van der Waals surface area (Å²) in [6.07, 6.45) is 3.96. The molecule has 4 rings (SSSR count). The molecule has 0 unspecified atom stereocenters. The Kier molecular flexibility index (Phi) is 4.46. The van der Waals surface area contributed by atoms with Crippen molar-refractivity contribution in [2.24, 2.45) is 0 Å². The van der Waals surface area contributed by atoms with Crippen molar-refractivity contribution in [2.75, 3.05) is 32.8 Å². The minimum atomic E-state index is 0.426. The molecule has 3 aromatic rings. The number of hydrogen-bond donors (Lipinski definition) is 1. The third-order valence-corrected chi connectivity index (χ3v) is 5.13. The Bertz CT molecular complexity index is 839. The van der Waals surface area contributed by atoms with Gasteiger partial charge in [-0.05, 0) is 31.0 Å². The van der Waals surface area contributed by atoms with Gasteiger partial charge in [-0.2, -0.15) is 0 Å². The maximum atomic E-state index is 5.39. The quantitative estimate of drug-likeness (QED) is 0.754. The molecule has 0 saturated carbocycles. The van der Waals surface area contributed by atoms with Crippen molar-refractivity contribution in [2.45, 2.75) is 18.9 Å². The van der Waals surface area contributed by atoms with Crippen molar-refractivity contribution in [3.05, 3.63) is 24.4 Å². The Morgan fingerprint density at radius 2 is 2.00 bits per heavy atom. The van der Waals surface area contributed by atoms with Crippen molar-refractivity contribution in [1.29, 1.82) is 0 Å². The SMILES string of the molecule is COc1ccc(-c2cn3nc(NC4CCOCC4)sc3n2)cc1OC. The molecule has 2 aromatic heterocycles. The molecule has 1 N–H and O–H groups in total. The van der Waals surface area contributed by atoms with Crippen molar-refractivity contribution in [3.63, 3.8) is 0 Å². The summed E-state index contributed by atoms with van der Waals surface area (Å²) in [6.45, 7) is 1.62. The minimum absolute atomic E-state index is 0.426. The highest BCUT2D eigenvalue weighted by Gasteiger charge is 2.17. The van der Waals surface area contributed by atoms with Crippen LogP contribution in [0.15, 0.2) is 24.4 Å². The second-order valence-corrected chi connectivity index (χ2v) is 6.82. The van der Waals surface area contributed by atoms with E-state index in [0.29, 0.717) is 17.5 Å². The van der Waals surface area contributed by atoms with E-state index in [-0.39, 0.29) is 0 Å². The third-order valence-electron chi connectivity index (χ3n) is 4.27. The standard InChI is InChI=1S/C17H20N4O3S/c1-22-14-4-3-11(9-15(14)23-2)13-10-21-17(19-13)25-16(20-21)18-12-5-7-24-8-6-12/h3-4,9-10,12H,5-8H2,1-2H3,(H,18,20). The van der Waals surface area contributed by atoms with Gasteiger partial charge in [0.25, 0.3) is 0 Å². The van der Waals surface area contributed by atoms with E-state index in [1.807, 2.05) is 28.9 Å². The lowest BCUT2D eigenvalue weighted by Gasteiger charge is -2.22. The van der Waals surface area contributed by atoms with Crippen LogP contribution < -0.4 is 14.8 Å². The molecular formula is C17H20N4O3S. The lowest BCUT2D eigenvalue weighted by Crippen LogP contribution is -2.27. The Balaban J connectivity index is 1.56. The lowest BCUT2D eigenvalue weighted by molar-refractivity contribution is 0.0904. The van der Waals surface area contributed by atoms with Crippen LogP contribution >= 0.6 is 11.3 Å². The van der Waals surface area contributed by atoms with Crippen LogP contribution in [0.5, 0.6) is 11.5 Å². The maximum absolute atomic E-state index is 5.39. The number of benzene rings is 1. The van der Waals surface area contributed by atoms with Gasteiger partial charge in [0, 0.05) is 24.8 Å². The largest absolute Gasteiger partial charge is 0.493 e. The molecule has 0 aliphatic carbocycles. The van der Waals surface area contributed by atoms with Crippen molar-refractivity contribution in [3.8, 4) is 22.8 Å². The first-order chi connectivity index (χ1) is 12.3. The summed E-state index contributed by atoms with van der Waals surface area (Å²) in [5, 5.41) is 8.97. The van der Waals surface area contributed by atoms with E-state index in [4.69, 9.17) is 14.2 Å². The first kappa shape index (κ1) is 16.2. The molecule has 1 aliphatic heterocycles. The van der Waals surface area contributed by atoms with E-state index in [1.165, 1.54) is 0 Å². The average molecular weight is 360 g/mol. The number of nitrogens with one attached hydrogen (secondary N) is 1. The fraction of sp³-hybridized carbons (Fsp3) is 0.412. The molecule has 25 heavy (non-hydrogen) atoms. The number of aromatic nitrogens is 3. The number of imidazole rings is 1. The summed E-state index contributed by atoms with van der Waals surface area (Å²) in [6, 6.07) is 6.20. The third kappa shape index (κ3) is 3.27. The monoisotopic (exact) mass is 360 g/mol. The average Bonchev–Trinajstić information content (AvgIpc) is 3.20. The molecule has 1 aliphatic rings. The van der Waals surface area contributed by atoms with Crippen LogP contribution in [0.3, 0.4) is 0 Å². The van der Waals surface area contributed by atoms with E-state index < -0.39 is 0 Å². The second-order valence-electron chi connectivity index (χ2n) is 5.86. The number of ether oxygens (including phenoxy) is 3. The normalized spacial score (nSPS) is 15.4. The molecule has 1 fully saturated rings. The maximum Gasteiger partial charge on any atom is 0.214 e. The van der Waals surface area contributed by atoms with Gasteiger partial charge in [-0.15, -0.1) is 5.10 Å². The van der Waals surface area contributed by atoms with Gasteiger partial charge in [-0.25, -0.2) is 9.50 Å². The van der Waals surface area contributed by atoms with Gasteiger partial charge in [0.1, 0.15) is 0 Å². The fourth-order valence-electron chi connectivity index (χ4n) is 2.91. The van der Waals surface area contributed by atoms with Gasteiger partial charge in [0.15, 0.2) is 11.5 Å². The minimum Gasteiger partial charge on any atom is -0.493 e. The summed E-state index contributed by atoms with van der Waals surface area (Å²) in [5.74, 6) is 1.39. The molecule has 1 aromatic carbocycles. The van der Waals surface area contributed by atoms with Crippen LogP contribution in [0.2, 0.25) is 0 Å². The zero-order chi connectivity index (χ0) is 17.2.